The van der Waals surface area contributed by atoms with Crippen LogP contribution in [0.15, 0.2) is 0 Å². The van der Waals surface area contributed by atoms with Crippen LogP contribution in [0.25, 0.3) is 0 Å². The zero-order valence-electron chi connectivity index (χ0n) is 4.24. The molecule has 0 fully saturated rings. The van der Waals surface area contributed by atoms with Crippen molar-refractivity contribution >= 4 is 32.2 Å². The summed E-state index contributed by atoms with van der Waals surface area (Å²) in [4.78, 5) is 0. The van der Waals surface area contributed by atoms with Gasteiger partial charge in [0, 0.05) is 1.43 Å². The Hall–Kier alpha value is 1.26. The van der Waals surface area contributed by atoms with Crippen molar-refractivity contribution in [3.63, 3.8) is 0 Å². The number of halogens is 1. The van der Waals surface area contributed by atoms with Crippen LogP contribution in [-0.4, -0.2) is 11.9 Å². The molecule has 0 aromatic carbocycles. The third kappa shape index (κ3) is 5.26. The molecule has 0 atom stereocenters. The topological polar surface area (TPSA) is 0 Å². The third-order valence-corrected chi connectivity index (χ3v) is 3.21. The Morgan fingerprint density at radius 3 is 2.33 bits per heavy atom. The molecule has 0 aliphatic rings. The molecule has 0 nitrogen and oxygen atoms in total. The summed E-state index contributed by atoms with van der Waals surface area (Å²) < 4.78 is 0. The maximum atomic E-state index is 2.49. The van der Waals surface area contributed by atoms with Gasteiger partial charge in [-0.2, -0.15) is 0 Å². The molecule has 0 bridgehead atoms. The van der Waals surface area contributed by atoms with Gasteiger partial charge < -0.3 is 0 Å². The highest BCUT2D eigenvalue weighted by atomic mass is 127. The van der Waals surface area contributed by atoms with Crippen molar-refractivity contribution in [2.24, 2.45) is 5.92 Å². The van der Waals surface area contributed by atoms with Gasteiger partial charge in [0.15, 0.2) is 0 Å². The van der Waals surface area contributed by atoms with Crippen LogP contribution in [-0.2, 0) is 0 Å². The van der Waals surface area contributed by atoms with Crippen molar-refractivity contribution in [1.29, 1.82) is 0 Å². The molecule has 0 aromatic heterocycles. The molecule has 0 aromatic rings. The lowest BCUT2D eigenvalue weighted by molar-refractivity contribution is 0.735. The number of rotatable bonds is 2. The normalized spacial score (nSPS) is 9.33. The van der Waals surface area contributed by atoms with Crippen molar-refractivity contribution in [2.45, 2.75) is 19.1 Å². The zero-order chi connectivity index (χ0) is 4.99. The van der Waals surface area contributed by atoms with Crippen LogP contribution in [0, 0.1) is 5.92 Å². The maximum Gasteiger partial charge on any atom is 0.311 e. The van der Waals surface area contributed by atoms with Crippen molar-refractivity contribution in [3.05, 3.63) is 0 Å². The molecule has 0 N–H and O–H groups in total. The second kappa shape index (κ2) is 4.42. The molecule has 1 radical (unpaired) electrons. The van der Waals surface area contributed by atoms with Crippen molar-refractivity contribution in [2.75, 3.05) is 0 Å². The highest BCUT2D eigenvalue weighted by Gasteiger charge is 1.89. The van der Waals surface area contributed by atoms with E-state index in [-0.39, 0.29) is 1.43 Å². The molecule has 37 valence electrons. The summed E-state index contributed by atoms with van der Waals surface area (Å²) in [5.41, 5.74) is 0. The smallest absolute Gasteiger partial charge is 0.225 e. The van der Waals surface area contributed by atoms with Crippen molar-refractivity contribution in [3.8, 4) is 0 Å². The number of hydrogen-bond donors (Lipinski definition) is 0. The molecular formula is C4H11AlI. The molecule has 2 heteroatoms. The number of hydrogen-bond acceptors (Lipinski definition) is 0. The van der Waals surface area contributed by atoms with Gasteiger partial charge in [-0.1, -0.05) is 25.0 Å². The van der Waals surface area contributed by atoms with E-state index in [2.05, 4.69) is 34.1 Å². The lowest BCUT2D eigenvalue weighted by Crippen LogP contribution is -1.85. The molecule has 0 saturated heterocycles. The molecule has 0 aliphatic carbocycles. The first-order chi connectivity index (χ1) is 2.77. The van der Waals surface area contributed by atoms with E-state index in [1.165, 1.54) is 5.28 Å². The Kier molecular flexibility index (Phi) is 5.35. The summed E-state index contributed by atoms with van der Waals surface area (Å²) in [6, 6.07) is 0. The first kappa shape index (κ1) is 7.26. The SMILES string of the molecule is CC(C)[CH2][Al][I].[HH]. The van der Waals surface area contributed by atoms with E-state index in [0.29, 0.717) is 0 Å². The van der Waals surface area contributed by atoms with Gasteiger partial charge in [0.1, 0.15) is 0 Å². The Balaban J connectivity index is 0. The highest BCUT2D eigenvalue weighted by molar-refractivity contribution is 14.1. The van der Waals surface area contributed by atoms with Gasteiger partial charge in [-0.3, -0.25) is 0 Å². The maximum absolute atomic E-state index is 2.49. The van der Waals surface area contributed by atoms with Crippen LogP contribution in [0.2, 0.25) is 5.28 Å². The summed E-state index contributed by atoms with van der Waals surface area (Å²) >= 11 is 3.21. The van der Waals surface area contributed by atoms with Gasteiger partial charge in [-0.15, -0.1) is 0 Å². The predicted octanol–water partition coefficient (Wildman–Crippen LogP) is 2.36. The molecule has 0 rings (SSSR count). The second-order valence-electron chi connectivity index (χ2n) is 1.78. The summed E-state index contributed by atoms with van der Waals surface area (Å²) in [7, 11) is 0. The Labute approximate surface area is 58.6 Å². The largest absolute Gasteiger partial charge is 0.311 e. The third-order valence-electron chi connectivity index (χ3n) is 0.560. The van der Waals surface area contributed by atoms with E-state index in [4.69, 9.17) is 0 Å². The molecule has 0 amide bonds. The lowest BCUT2D eigenvalue weighted by Gasteiger charge is -1.93. The average Bonchev–Trinajstić information content (AvgIpc) is 1.35. The van der Waals surface area contributed by atoms with E-state index in [1.54, 1.807) is 0 Å². The standard InChI is InChI=1S/C4H9.Al.HI.H2/c1-4(2)3;;;/h4H,1H2,2-3H3;;2*1H/q;+1;;/p-1. The van der Waals surface area contributed by atoms with E-state index in [0.717, 1.165) is 17.9 Å². The van der Waals surface area contributed by atoms with Crippen molar-refractivity contribution in [1.82, 2.24) is 0 Å². The van der Waals surface area contributed by atoms with Gasteiger partial charge in [0.25, 0.3) is 0 Å². The minimum Gasteiger partial charge on any atom is -0.225 e. The Bertz CT molecular complexity index is 32.9. The van der Waals surface area contributed by atoms with E-state index in [1.807, 2.05) is 0 Å². The van der Waals surface area contributed by atoms with E-state index < -0.39 is 0 Å². The predicted molar refractivity (Wildman–Crippen MR) is 41.5 cm³/mol. The van der Waals surface area contributed by atoms with Crippen LogP contribution in [0.4, 0.5) is 0 Å². The lowest BCUT2D eigenvalue weighted by atomic mass is 10.3. The fourth-order valence-electron chi connectivity index (χ4n) is 0.178. The van der Waals surface area contributed by atoms with Crippen LogP contribution >= 0.6 is 20.3 Å². The minimum absolute atomic E-state index is 0. The van der Waals surface area contributed by atoms with Gasteiger partial charge in [-0.05, 0) is 0 Å². The molecule has 0 heterocycles. The minimum atomic E-state index is 0. The Morgan fingerprint density at radius 1 is 1.83 bits per heavy atom. The van der Waals surface area contributed by atoms with Crippen LogP contribution in [0.1, 0.15) is 15.3 Å². The van der Waals surface area contributed by atoms with E-state index in [9.17, 15) is 0 Å². The first-order valence-corrected chi connectivity index (χ1v) is 7.18. The molecule has 0 spiro atoms. The molecule has 0 aliphatic heterocycles. The van der Waals surface area contributed by atoms with Crippen molar-refractivity contribution < 1.29 is 1.43 Å². The van der Waals surface area contributed by atoms with Gasteiger partial charge >= 0.3 is 11.9 Å². The summed E-state index contributed by atoms with van der Waals surface area (Å²) in [5.74, 6) is 0.928. The average molecular weight is 213 g/mol. The quantitative estimate of drug-likeness (QED) is 0.487. The monoisotopic (exact) mass is 213 g/mol. The second-order valence-corrected chi connectivity index (χ2v) is 5.21. The summed E-state index contributed by atoms with van der Waals surface area (Å²) in [6.07, 6.45) is 0. The summed E-state index contributed by atoms with van der Waals surface area (Å²) in [5, 5.41) is 1.44. The molecule has 0 unspecified atom stereocenters. The molecule has 6 heavy (non-hydrogen) atoms. The zero-order valence-corrected chi connectivity index (χ0v) is 7.55. The fraction of sp³-hybridized carbons (Fsp3) is 1.00. The van der Waals surface area contributed by atoms with Gasteiger partial charge in [0.05, 0.1) is 0 Å². The molecular weight excluding hydrogens is 202 g/mol. The fourth-order valence-corrected chi connectivity index (χ4v) is 3.59. The summed E-state index contributed by atoms with van der Waals surface area (Å²) in [6.45, 7) is 4.54. The van der Waals surface area contributed by atoms with Crippen LogP contribution in [0.3, 0.4) is 0 Å². The van der Waals surface area contributed by atoms with Crippen LogP contribution < -0.4 is 0 Å². The highest BCUT2D eigenvalue weighted by Crippen LogP contribution is 2.00. The Morgan fingerprint density at radius 2 is 2.33 bits per heavy atom. The first-order valence-electron chi connectivity index (χ1n) is 2.19. The van der Waals surface area contributed by atoms with Gasteiger partial charge in [0.2, 0.25) is 0 Å². The van der Waals surface area contributed by atoms with Gasteiger partial charge in [-0.25, -0.2) is 20.3 Å². The van der Waals surface area contributed by atoms with E-state index >= 15 is 0 Å². The molecule has 0 saturated carbocycles. The van der Waals surface area contributed by atoms with Crippen LogP contribution in [0.5, 0.6) is 0 Å².